The normalized spacial score (nSPS) is 35.0. The number of aliphatic hydroxyl groups is 6. The van der Waals surface area contributed by atoms with Crippen molar-refractivity contribution in [3.63, 3.8) is 0 Å². The molecule has 0 aromatic heterocycles. The number of hydrogen-bond donors (Lipinski definition) is 8. The molecule has 1 fully saturated rings. The van der Waals surface area contributed by atoms with Gasteiger partial charge in [0.15, 0.2) is 6.29 Å². The van der Waals surface area contributed by atoms with Crippen molar-refractivity contribution in [1.29, 1.82) is 0 Å². The summed E-state index contributed by atoms with van der Waals surface area (Å²) in [6, 6.07) is -1.39. The van der Waals surface area contributed by atoms with E-state index in [-0.39, 0.29) is 0 Å². The molecule has 0 aromatic carbocycles. The minimum atomic E-state index is -2.87. The molecular weight excluding hydrogens is 306 g/mol. The number of amides is 1. The Hall–Kier alpha value is -1.34. The highest BCUT2D eigenvalue weighted by Crippen LogP contribution is 2.30. The highest BCUT2D eigenvalue weighted by Gasteiger charge is 2.54. The van der Waals surface area contributed by atoms with E-state index in [0.29, 0.717) is 0 Å². The van der Waals surface area contributed by atoms with E-state index in [1.54, 1.807) is 0 Å². The van der Waals surface area contributed by atoms with Crippen LogP contribution in [0.25, 0.3) is 0 Å². The van der Waals surface area contributed by atoms with Gasteiger partial charge < -0.3 is 45.8 Å². The van der Waals surface area contributed by atoms with Crippen LogP contribution in [0, 0.1) is 0 Å². The van der Waals surface area contributed by atoms with Crippen molar-refractivity contribution in [1.82, 2.24) is 5.32 Å². The van der Waals surface area contributed by atoms with E-state index >= 15 is 0 Å². The Morgan fingerprint density at radius 1 is 1.27 bits per heavy atom. The van der Waals surface area contributed by atoms with Crippen molar-refractivity contribution >= 4 is 11.9 Å². The van der Waals surface area contributed by atoms with Gasteiger partial charge in [-0.3, -0.25) is 4.79 Å². The maximum atomic E-state index is 11.1. The van der Waals surface area contributed by atoms with Gasteiger partial charge >= 0.3 is 5.97 Å². The molecule has 11 heteroatoms. The second-order valence-electron chi connectivity index (χ2n) is 5.06. The Morgan fingerprint density at radius 3 is 2.23 bits per heavy atom. The molecule has 0 radical (unpaired) electrons. The molecule has 1 saturated heterocycles. The summed E-state index contributed by atoms with van der Waals surface area (Å²) in [5.74, 6) is -5.39. The van der Waals surface area contributed by atoms with E-state index in [4.69, 9.17) is 20.1 Å². The van der Waals surface area contributed by atoms with Gasteiger partial charge in [-0.05, 0) is 0 Å². The molecule has 1 amide bonds. The van der Waals surface area contributed by atoms with Crippen molar-refractivity contribution in [2.75, 3.05) is 0 Å². The van der Waals surface area contributed by atoms with E-state index in [9.17, 15) is 30.0 Å². The molecular formula is C11H19NO10. The zero-order valence-corrected chi connectivity index (χ0v) is 11.5. The molecule has 1 rings (SSSR count). The van der Waals surface area contributed by atoms with Gasteiger partial charge in [0.2, 0.25) is 5.91 Å². The topological polar surface area (TPSA) is 197 Å². The van der Waals surface area contributed by atoms with Gasteiger partial charge in [0, 0.05) is 13.3 Å². The number of aliphatic hydroxyl groups excluding tert-OH is 4. The number of rotatable bonds is 5. The predicted octanol–water partition coefficient (Wildman–Crippen LogP) is -4.55. The average molecular weight is 325 g/mol. The summed E-state index contributed by atoms with van der Waals surface area (Å²) in [7, 11) is 0. The Morgan fingerprint density at radius 2 is 1.82 bits per heavy atom. The Bertz CT molecular complexity index is 429. The van der Waals surface area contributed by atoms with E-state index in [1.807, 2.05) is 0 Å². The number of aliphatic carboxylic acids is 1. The Labute approximate surface area is 124 Å². The molecule has 6 atom stereocenters. The fourth-order valence-electron chi connectivity index (χ4n) is 2.18. The molecule has 11 nitrogen and oxygen atoms in total. The lowest BCUT2D eigenvalue weighted by Gasteiger charge is -2.44. The zero-order chi connectivity index (χ0) is 17.2. The van der Waals surface area contributed by atoms with Crippen molar-refractivity contribution in [2.45, 2.75) is 55.9 Å². The third-order valence-electron chi connectivity index (χ3n) is 3.28. The zero-order valence-electron chi connectivity index (χ0n) is 11.5. The van der Waals surface area contributed by atoms with Crippen LogP contribution in [0.2, 0.25) is 0 Å². The number of carbonyl (C=O) groups is 2. The summed E-state index contributed by atoms with van der Waals surface area (Å²) in [5, 5.41) is 67.8. The minimum Gasteiger partial charge on any atom is -0.477 e. The van der Waals surface area contributed by atoms with Gasteiger partial charge in [-0.1, -0.05) is 0 Å². The van der Waals surface area contributed by atoms with Crippen molar-refractivity contribution in [3.05, 3.63) is 0 Å². The van der Waals surface area contributed by atoms with Crippen molar-refractivity contribution in [3.8, 4) is 0 Å². The average Bonchev–Trinajstić information content (AvgIpc) is 2.39. The summed E-state index contributed by atoms with van der Waals surface area (Å²) in [6.45, 7) is 1.07. The van der Waals surface area contributed by atoms with Crippen LogP contribution in [0.4, 0.5) is 0 Å². The van der Waals surface area contributed by atoms with Gasteiger partial charge in [0.1, 0.15) is 18.3 Å². The summed E-state index contributed by atoms with van der Waals surface area (Å²) >= 11 is 0. The van der Waals surface area contributed by atoms with E-state index in [1.165, 1.54) is 0 Å². The number of hydrogen-bond acceptors (Lipinski definition) is 9. The van der Waals surface area contributed by atoms with E-state index in [2.05, 4.69) is 5.32 Å². The molecule has 0 saturated carbocycles. The summed E-state index contributed by atoms with van der Waals surface area (Å²) in [5.41, 5.74) is 0. The summed E-state index contributed by atoms with van der Waals surface area (Å²) in [4.78, 5) is 22.1. The first-order valence-electron chi connectivity index (χ1n) is 6.30. The van der Waals surface area contributed by atoms with Crippen LogP contribution in [0.1, 0.15) is 13.3 Å². The Balaban J connectivity index is 3.11. The molecule has 1 unspecified atom stereocenters. The van der Waals surface area contributed by atoms with Gasteiger partial charge in [-0.15, -0.1) is 0 Å². The quantitative estimate of drug-likeness (QED) is 0.228. The van der Waals surface area contributed by atoms with Gasteiger partial charge in [-0.2, -0.15) is 0 Å². The first-order chi connectivity index (χ1) is 9.99. The number of carboxylic acid groups (broad SMARTS) is 1. The van der Waals surface area contributed by atoms with Crippen LogP contribution in [0.15, 0.2) is 0 Å². The Kier molecular flexibility index (Phi) is 5.81. The third-order valence-corrected chi connectivity index (χ3v) is 3.28. The lowest BCUT2D eigenvalue weighted by atomic mass is 9.88. The second kappa shape index (κ2) is 6.83. The molecule has 1 heterocycles. The van der Waals surface area contributed by atoms with E-state index < -0.39 is 60.8 Å². The lowest BCUT2D eigenvalue weighted by Crippen LogP contribution is -2.67. The predicted molar refractivity (Wildman–Crippen MR) is 65.9 cm³/mol. The fraction of sp³-hybridized carbons (Fsp3) is 0.818. The smallest absolute Gasteiger partial charge is 0.364 e. The summed E-state index contributed by atoms with van der Waals surface area (Å²) < 4.78 is 4.80. The van der Waals surface area contributed by atoms with Crippen molar-refractivity contribution < 1.29 is 50.1 Å². The molecule has 0 aliphatic carbocycles. The van der Waals surface area contributed by atoms with Crippen LogP contribution in [0.3, 0.4) is 0 Å². The minimum absolute atomic E-state index is 0.662. The molecule has 0 bridgehead atoms. The van der Waals surface area contributed by atoms with Crippen LogP contribution in [-0.4, -0.2) is 90.2 Å². The third kappa shape index (κ3) is 3.89. The monoisotopic (exact) mass is 325 g/mol. The molecule has 22 heavy (non-hydrogen) atoms. The standard InChI is InChI=1S/C11H19NO10/c1-3(13)12-5-4(14)2-11(21,10(19)20)22-8(5)6(15)7(16)9(17)18/h4-9,14-18,21H,2H2,1H3,(H,12,13)(H,19,20)/t4-,5+,6?,7-,8+,11+/m0/s1. The van der Waals surface area contributed by atoms with Crippen LogP contribution >= 0.6 is 0 Å². The lowest BCUT2D eigenvalue weighted by molar-refractivity contribution is -0.300. The number of carbonyl (C=O) groups excluding carboxylic acids is 1. The van der Waals surface area contributed by atoms with E-state index in [0.717, 1.165) is 6.92 Å². The SMILES string of the molecule is CC(=O)N[C@@H]1[C@@H](O)C[C@](O)(C(=O)O)O[C@H]1C(O)[C@H](O)C(O)O. The largest absolute Gasteiger partial charge is 0.477 e. The number of nitrogens with one attached hydrogen (secondary N) is 1. The highest BCUT2D eigenvalue weighted by molar-refractivity contribution is 5.76. The molecule has 0 spiro atoms. The fourth-order valence-corrected chi connectivity index (χ4v) is 2.18. The first-order valence-corrected chi connectivity index (χ1v) is 6.30. The molecule has 1 aliphatic rings. The molecule has 0 aromatic rings. The van der Waals surface area contributed by atoms with Crippen LogP contribution in [0.5, 0.6) is 0 Å². The summed E-state index contributed by atoms with van der Waals surface area (Å²) in [6.07, 6.45) is -11.0. The first kappa shape index (κ1) is 18.7. The maximum absolute atomic E-state index is 11.1. The number of carboxylic acids is 1. The van der Waals surface area contributed by atoms with Gasteiger partial charge in [0.25, 0.3) is 5.79 Å². The van der Waals surface area contributed by atoms with Crippen LogP contribution in [-0.2, 0) is 14.3 Å². The van der Waals surface area contributed by atoms with Crippen LogP contribution < -0.4 is 5.32 Å². The molecule has 8 N–H and O–H groups in total. The van der Waals surface area contributed by atoms with Crippen molar-refractivity contribution in [2.24, 2.45) is 0 Å². The maximum Gasteiger partial charge on any atom is 0.364 e. The molecule has 1 aliphatic heterocycles. The second-order valence-corrected chi connectivity index (χ2v) is 5.06. The highest BCUT2D eigenvalue weighted by atomic mass is 16.7. The van der Waals surface area contributed by atoms with Gasteiger partial charge in [-0.25, -0.2) is 4.79 Å². The van der Waals surface area contributed by atoms with Gasteiger partial charge in [0.05, 0.1) is 12.1 Å². The number of ether oxygens (including phenoxy) is 1. The molecule has 128 valence electrons.